The molecule has 0 aromatic heterocycles. The van der Waals surface area contributed by atoms with E-state index in [0.717, 1.165) is 17.1 Å². The number of benzene rings is 1. The van der Waals surface area contributed by atoms with Crippen molar-refractivity contribution in [2.45, 2.75) is 19.4 Å². The second-order valence-corrected chi connectivity index (χ2v) is 5.03. The Balaban J connectivity index is 2.60. The van der Waals surface area contributed by atoms with E-state index in [4.69, 9.17) is 17.3 Å². The first-order valence-corrected chi connectivity index (χ1v) is 6.44. The minimum atomic E-state index is -0.371. The lowest BCUT2D eigenvalue weighted by Crippen LogP contribution is -2.25. The Morgan fingerprint density at radius 1 is 1.53 bits per heavy atom. The maximum absolute atomic E-state index is 13.1. The molecule has 1 unspecified atom stereocenters. The van der Waals surface area contributed by atoms with E-state index >= 15 is 0 Å². The van der Waals surface area contributed by atoms with E-state index in [0.29, 0.717) is 6.42 Å². The van der Waals surface area contributed by atoms with Gasteiger partial charge in [-0.05, 0) is 23.8 Å². The molecule has 4 heteroatoms. The maximum atomic E-state index is 13.1. The van der Waals surface area contributed by atoms with Crippen LogP contribution in [0.2, 0.25) is 5.02 Å². The standard InChI is InChI=1S/C11H15ClFNS/c1-2-15-7-9(14)6-8-4-3-5-10(13)11(8)12/h3-5,9H,2,6-7,14H2,1H3. The van der Waals surface area contributed by atoms with Gasteiger partial charge in [0, 0.05) is 11.8 Å². The van der Waals surface area contributed by atoms with Crippen LogP contribution in [0, 0.1) is 5.82 Å². The molecule has 0 aliphatic rings. The normalized spacial score (nSPS) is 12.8. The zero-order valence-electron chi connectivity index (χ0n) is 8.67. The minimum Gasteiger partial charge on any atom is -0.327 e. The highest BCUT2D eigenvalue weighted by atomic mass is 35.5. The first-order valence-electron chi connectivity index (χ1n) is 4.91. The van der Waals surface area contributed by atoms with Crippen LogP contribution in [0.25, 0.3) is 0 Å². The molecule has 0 radical (unpaired) electrons. The third kappa shape index (κ3) is 4.01. The molecule has 2 N–H and O–H groups in total. The number of hydrogen-bond acceptors (Lipinski definition) is 2. The summed E-state index contributed by atoms with van der Waals surface area (Å²) in [4.78, 5) is 0. The molecule has 0 aliphatic heterocycles. The lowest BCUT2D eigenvalue weighted by atomic mass is 10.1. The summed E-state index contributed by atoms with van der Waals surface area (Å²) in [5.41, 5.74) is 6.70. The van der Waals surface area contributed by atoms with Crippen molar-refractivity contribution in [3.8, 4) is 0 Å². The predicted octanol–water partition coefficient (Wildman–Crippen LogP) is 3.10. The van der Waals surface area contributed by atoms with Gasteiger partial charge in [0.2, 0.25) is 0 Å². The molecule has 1 aromatic rings. The summed E-state index contributed by atoms with van der Waals surface area (Å²) >= 11 is 7.62. The first-order chi connectivity index (χ1) is 7.15. The zero-order chi connectivity index (χ0) is 11.3. The minimum absolute atomic E-state index is 0.0363. The topological polar surface area (TPSA) is 26.0 Å². The average molecular weight is 248 g/mol. The van der Waals surface area contributed by atoms with Gasteiger partial charge in [0.1, 0.15) is 5.82 Å². The van der Waals surface area contributed by atoms with Crippen LogP contribution in [0.15, 0.2) is 18.2 Å². The van der Waals surface area contributed by atoms with E-state index in [1.807, 2.05) is 6.07 Å². The fourth-order valence-electron chi connectivity index (χ4n) is 1.32. The van der Waals surface area contributed by atoms with Crippen LogP contribution < -0.4 is 5.73 Å². The summed E-state index contributed by atoms with van der Waals surface area (Å²) in [5.74, 6) is 1.55. The predicted molar refractivity (Wildman–Crippen MR) is 66.1 cm³/mol. The van der Waals surface area contributed by atoms with E-state index in [9.17, 15) is 4.39 Å². The zero-order valence-corrected chi connectivity index (χ0v) is 10.2. The lowest BCUT2D eigenvalue weighted by molar-refractivity contribution is 0.623. The van der Waals surface area contributed by atoms with Gasteiger partial charge < -0.3 is 5.73 Å². The van der Waals surface area contributed by atoms with Crippen molar-refractivity contribution in [3.63, 3.8) is 0 Å². The highest BCUT2D eigenvalue weighted by molar-refractivity contribution is 7.99. The van der Waals surface area contributed by atoms with Crippen LogP contribution in [0.1, 0.15) is 12.5 Å². The van der Waals surface area contributed by atoms with Crippen molar-refractivity contribution in [2.24, 2.45) is 5.73 Å². The quantitative estimate of drug-likeness (QED) is 0.865. The fourth-order valence-corrected chi connectivity index (χ4v) is 2.18. The fraction of sp³-hybridized carbons (Fsp3) is 0.455. The number of rotatable bonds is 5. The van der Waals surface area contributed by atoms with Crippen molar-refractivity contribution in [2.75, 3.05) is 11.5 Å². The van der Waals surface area contributed by atoms with E-state index in [1.54, 1.807) is 17.8 Å². The van der Waals surface area contributed by atoms with Crippen molar-refractivity contribution in [3.05, 3.63) is 34.6 Å². The first kappa shape index (κ1) is 12.8. The van der Waals surface area contributed by atoms with Gasteiger partial charge >= 0.3 is 0 Å². The molecular formula is C11H15ClFNS. The average Bonchev–Trinajstić information content (AvgIpc) is 2.22. The molecule has 0 bridgehead atoms. The molecule has 0 amide bonds. The van der Waals surface area contributed by atoms with Gasteiger partial charge in [0.05, 0.1) is 5.02 Å². The molecule has 1 rings (SSSR count). The van der Waals surface area contributed by atoms with Gasteiger partial charge in [-0.15, -0.1) is 0 Å². The molecule has 0 spiro atoms. The summed E-state index contributed by atoms with van der Waals surface area (Å²) in [6.45, 7) is 2.09. The second kappa shape index (κ2) is 6.36. The van der Waals surface area contributed by atoms with Crippen molar-refractivity contribution < 1.29 is 4.39 Å². The van der Waals surface area contributed by atoms with E-state index in [-0.39, 0.29) is 16.9 Å². The van der Waals surface area contributed by atoms with E-state index in [1.165, 1.54) is 6.07 Å². The Hall–Kier alpha value is -0.250. The Morgan fingerprint density at radius 2 is 2.27 bits per heavy atom. The summed E-state index contributed by atoms with van der Waals surface area (Å²) in [5, 5.41) is 0.203. The molecule has 1 nitrogen and oxygen atoms in total. The molecule has 15 heavy (non-hydrogen) atoms. The Bertz CT molecular complexity index is 319. The van der Waals surface area contributed by atoms with Crippen LogP contribution in [-0.2, 0) is 6.42 Å². The Morgan fingerprint density at radius 3 is 2.93 bits per heavy atom. The third-order valence-corrected chi connectivity index (χ3v) is 3.55. The van der Waals surface area contributed by atoms with Gasteiger partial charge in [0.15, 0.2) is 0 Å². The van der Waals surface area contributed by atoms with Crippen LogP contribution in [0.5, 0.6) is 0 Å². The summed E-state index contributed by atoms with van der Waals surface area (Å²) in [6.07, 6.45) is 0.629. The van der Waals surface area contributed by atoms with Crippen LogP contribution in [0.4, 0.5) is 4.39 Å². The highest BCUT2D eigenvalue weighted by Gasteiger charge is 2.09. The largest absolute Gasteiger partial charge is 0.327 e. The van der Waals surface area contributed by atoms with E-state index in [2.05, 4.69) is 6.92 Å². The van der Waals surface area contributed by atoms with Crippen molar-refractivity contribution in [1.29, 1.82) is 0 Å². The highest BCUT2D eigenvalue weighted by Crippen LogP contribution is 2.21. The number of halogens is 2. The Kier molecular flexibility index (Phi) is 5.43. The maximum Gasteiger partial charge on any atom is 0.142 e. The van der Waals surface area contributed by atoms with Gasteiger partial charge in [-0.1, -0.05) is 30.7 Å². The number of thioether (sulfide) groups is 1. The smallest absolute Gasteiger partial charge is 0.142 e. The second-order valence-electron chi connectivity index (χ2n) is 3.34. The molecule has 0 saturated heterocycles. The number of nitrogens with two attached hydrogens (primary N) is 1. The summed E-state index contributed by atoms with van der Waals surface area (Å²) in [7, 11) is 0. The summed E-state index contributed by atoms with van der Waals surface area (Å²) < 4.78 is 13.1. The lowest BCUT2D eigenvalue weighted by Gasteiger charge is -2.12. The van der Waals surface area contributed by atoms with Gasteiger partial charge in [0.25, 0.3) is 0 Å². The van der Waals surface area contributed by atoms with E-state index < -0.39 is 0 Å². The molecule has 1 atom stereocenters. The number of hydrogen-bond donors (Lipinski definition) is 1. The molecule has 0 heterocycles. The Labute approximate surface area is 99.2 Å². The molecule has 1 aromatic carbocycles. The molecule has 0 aliphatic carbocycles. The van der Waals surface area contributed by atoms with Crippen LogP contribution in [-0.4, -0.2) is 17.5 Å². The molecule has 0 saturated carbocycles. The summed E-state index contributed by atoms with van der Waals surface area (Å²) in [6, 6.07) is 4.88. The van der Waals surface area contributed by atoms with Gasteiger partial charge in [-0.3, -0.25) is 0 Å². The van der Waals surface area contributed by atoms with Gasteiger partial charge in [-0.2, -0.15) is 11.8 Å². The molecule has 0 fully saturated rings. The third-order valence-electron chi connectivity index (χ3n) is 2.05. The van der Waals surface area contributed by atoms with Crippen molar-refractivity contribution in [1.82, 2.24) is 0 Å². The monoisotopic (exact) mass is 247 g/mol. The van der Waals surface area contributed by atoms with Crippen LogP contribution in [0.3, 0.4) is 0 Å². The molecular weight excluding hydrogens is 233 g/mol. The SMILES string of the molecule is CCSCC(N)Cc1cccc(F)c1Cl. The van der Waals surface area contributed by atoms with Crippen molar-refractivity contribution >= 4 is 23.4 Å². The van der Waals surface area contributed by atoms with Crippen LogP contribution >= 0.6 is 23.4 Å². The van der Waals surface area contributed by atoms with Gasteiger partial charge in [-0.25, -0.2) is 4.39 Å². The molecule has 84 valence electrons.